The predicted molar refractivity (Wildman–Crippen MR) is 205 cm³/mol. The molecule has 0 radical (unpaired) electrons. The standard InChI is InChI=1S/C44H26N4OS/c1-3-13-28(14-4-1)41-46-42(48-43(47-41)33-23-22-27-12-7-8-17-30(27)24-33)32-19-11-18-31(25-32)38-39-34-20-9-10-21-35(34)49-36(39)26-37-40(38)45-44(50-37)29-15-5-2-6-16-29/h1-26H. The molecule has 0 aliphatic heterocycles. The van der Waals surface area contributed by atoms with Gasteiger partial charge >= 0.3 is 0 Å². The van der Waals surface area contributed by atoms with Crippen LogP contribution in [-0.2, 0) is 0 Å². The highest BCUT2D eigenvalue weighted by Gasteiger charge is 2.21. The van der Waals surface area contributed by atoms with Gasteiger partial charge in [0.15, 0.2) is 17.5 Å². The van der Waals surface area contributed by atoms with Crippen LogP contribution in [-0.4, -0.2) is 19.9 Å². The van der Waals surface area contributed by atoms with Gasteiger partial charge in [0.05, 0.1) is 10.2 Å². The van der Waals surface area contributed by atoms with E-state index in [-0.39, 0.29) is 0 Å². The lowest BCUT2D eigenvalue weighted by Crippen LogP contribution is -2.00. The summed E-state index contributed by atoms with van der Waals surface area (Å²) >= 11 is 1.68. The van der Waals surface area contributed by atoms with Gasteiger partial charge in [0.2, 0.25) is 0 Å². The first-order chi connectivity index (χ1) is 24.7. The second kappa shape index (κ2) is 11.6. The minimum absolute atomic E-state index is 0.604. The molecule has 0 saturated heterocycles. The molecule has 6 heteroatoms. The first kappa shape index (κ1) is 28.5. The molecular weight excluding hydrogens is 633 g/mol. The van der Waals surface area contributed by atoms with Gasteiger partial charge in [-0.1, -0.05) is 133 Å². The fraction of sp³-hybridized carbons (Fsp3) is 0. The lowest BCUT2D eigenvalue weighted by atomic mass is 9.96. The Bertz CT molecular complexity index is 2880. The largest absolute Gasteiger partial charge is 0.456 e. The number of hydrogen-bond acceptors (Lipinski definition) is 6. The fourth-order valence-electron chi connectivity index (χ4n) is 6.75. The second-order valence-electron chi connectivity index (χ2n) is 12.3. The first-order valence-corrected chi connectivity index (χ1v) is 17.3. The van der Waals surface area contributed by atoms with Crippen molar-refractivity contribution >= 4 is 54.3 Å². The molecule has 0 bridgehead atoms. The SMILES string of the molecule is c1ccc(-c2nc(-c3cccc(-c4c5nc(-c6ccccc6)sc5cc5oc6ccccc6c45)c3)nc(-c3ccc4ccccc4c3)n2)cc1. The van der Waals surface area contributed by atoms with E-state index in [2.05, 4.69) is 109 Å². The van der Waals surface area contributed by atoms with Crippen LogP contribution in [0.3, 0.4) is 0 Å². The van der Waals surface area contributed by atoms with Gasteiger partial charge in [-0.3, -0.25) is 0 Å². The molecule has 10 rings (SSSR count). The molecule has 5 nitrogen and oxygen atoms in total. The van der Waals surface area contributed by atoms with E-state index in [9.17, 15) is 0 Å². The number of aromatic nitrogens is 4. The monoisotopic (exact) mass is 658 g/mol. The molecule has 0 unspecified atom stereocenters. The van der Waals surface area contributed by atoms with Crippen LogP contribution in [0, 0.1) is 0 Å². The Kier molecular flexibility index (Phi) is 6.60. The molecule has 0 spiro atoms. The van der Waals surface area contributed by atoms with Gasteiger partial charge in [0.1, 0.15) is 16.2 Å². The zero-order valence-corrected chi connectivity index (χ0v) is 27.4. The smallest absolute Gasteiger partial charge is 0.164 e. The van der Waals surface area contributed by atoms with Crippen molar-refractivity contribution in [3.63, 3.8) is 0 Å². The summed E-state index contributed by atoms with van der Waals surface area (Å²) in [4.78, 5) is 20.4. The van der Waals surface area contributed by atoms with Crippen molar-refractivity contribution in [3.8, 4) is 55.9 Å². The second-order valence-corrected chi connectivity index (χ2v) is 13.3. The zero-order chi connectivity index (χ0) is 33.0. The van der Waals surface area contributed by atoms with E-state index in [0.29, 0.717) is 17.5 Å². The van der Waals surface area contributed by atoms with Crippen molar-refractivity contribution in [2.75, 3.05) is 0 Å². The normalized spacial score (nSPS) is 11.6. The number of para-hydroxylation sites is 1. The van der Waals surface area contributed by atoms with E-state index in [0.717, 1.165) is 75.9 Å². The quantitative estimate of drug-likeness (QED) is 0.184. The van der Waals surface area contributed by atoms with Crippen LogP contribution in [0.15, 0.2) is 162 Å². The molecule has 10 aromatic rings. The summed E-state index contributed by atoms with van der Waals surface area (Å²) in [5.41, 5.74) is 8.55. The molecule has 0 aliphatic carbocycles. The summed E-state index contributed by atoms with van der Waals surface area (Å²) in [7, 11) is 0. The lowest BCUT2D eigenvalue weighted by molar-refractivity contribution is 0.669. The molecule has 3 heterocycles. The third-order valence-electron chi connectivity index (χ3n) is 9.13. The molecule has 3 aromatic heterocycles. The maximum Gasteiger partial charge on any atom is 0.164 e. The van der Waals surface area contributed by atoms with Gasteiger partial charge < -0.3 is 4.42 Å². The number of thiazole rings is 1. The van der Waals surface area contributed by atoms with E-state index in [4.69, 9.17) is 24.4 Å². The first-order valence-electron chi connectivity index (χ1n) is 16.5. The Morgan fingerprint density at radius 2 is 1.04 bits per heavy atom. The maximum absolute atomic E-state index is 6.46. The minimum atomic E-state index is 0.604. The molecular formula is C44H26N4OS. The van der Waals surface area contributed by atoms with Crippen LogP contribution >= 0.6 is 11.3 Å². The molecule has 0 aliphatic rings. The van der Waals surface area contributed by atoms with Gasteiger partial charge in [-0.2, -0.15) is 0 Å². The highest BCUT2D eigenvalue weighted by Crippen LogP contribution is 2.45. The van der Waals surface area contributed by atoms with Crippen LogP contribution in [0.2, 0.25) is 0 Å². The molecule has 0 saturated carbocycles. The van der Waals surface area contributed by atoms with Crippen molar-refractivity contribution < 1.29 is 4.42 Å². The summed E-state index contributed by atoms with van der Waals surface area (Å²) < 4.78 is 7.53. The molecule has 0 atom stereocenters. The van der Waals surface area contributed by atoms with Gasteiger partial charge in [0.25, 0.3) is 0 Å². The van der Waals surface area contributed by atoms with Crippen molar-refractivity contribution in [1.82, 2.24) is 19.9 Å². The van der Waals surface area contributed by atoms with Crippen molar-refractivity contribution in [2.45, 2.75) is 0 Å². The summed E-state index contributed by atoms with van der Waals surface area (Å²) in [6.07, 6.45) is 0. The zero-order valence-electron chi connectivity index (χ0n) is 26.6. The van der Waals surface area contributed by atoms with Crippen LogP contribution in [0.4, 0.5) is 0 Å². The van der Waals surface area contributed by atoms with Crippen molar-refractivity contribution in [1.29, 1.82) is 0 Å². The van der Waals surface area contributed by atoms with Crippen molar-refractivity contribution in [2.24, 2.45) is 0 Å². The Morgan fingerprint density at radius 1 is 0.420 bits per heavy atom. The van der Waals surface area contributed by atoms with E-state index >= 15 is 0 Å². The highest BCUT2D eigenvalue weighted by molar-refractivity contribution is 7.21. The summed E-state index contributed by atoms with van der Waals surface area (Å²) in [6.45, 7) is 0. The van der Waals surface area contributed by atoms with E-state index in [1.165, 1.54) is 5.39 Å². The van der Waals surface area contributed by atoms with Crippen LogP contribution < -0.4 is 0 Å². The summed E-state index contributed by atoms with van der Waals surface area (Å²) in [5.74, 6) is 1.86. The molecule has 0 fully saturated rings. The van der Waals surface area contributed by atoms with Crippen LogP contribution in [0.5, 0.6) is 0 Å². The lowest BCUT2D eigenvalue weighted by Gasteiger charge is -2.11. The topological polar surface area (TPSA) is 64.7 Å². The van der Waals surface area contributed by atoms with Crippen LogP contribution in [0.25, 0.3) is 98.8 Å². The molecule has 50 heavy (non-hydrogen) atoms. The molecule has 7 aromatic carbocycles. The van der Waals surface area contributed by atoms with E-state index < -0.39 is 0 Å². The summed E-state index contributed by atoms with van der Waals surface area (Å²) in [6, 6.07) is 53.9. The maximum atomic E-state index is 6.46. The van der Waals surface area contributed by atoms with Gasteiger partial charge in [-0.05, 0) is 34.5 Å². The molecule has 0 amide bonds. The number of benzene rings is 7. The number of hydrogen-bond donors (Lipinski definition) is 0. The number of nitrogens with zero attached hydrogens (tertiary/aromatic N) is 4. The average molecular weight is 659 g/mol. The van der Waals surface area contributed by atoms with Crippen LogP contribution in [0.1, 0.15) is 0 Å². The highest BCUT2D eigenvalue weighted by atomic mass is 32.1. The summed E-state index contributed by atoms with van der Waals surface area (Å²) in [5, 5.41) is 5.39. The third kappa shape index (κ3) is 4.85. The Hall–Kier alpha value is -6.50. The van der Waals surface area contributed by atoms with E-state index in [1.54, 1.807) is 11.3 Å². The molecule has 234 valence electrons. The Morgan fingerprint density at radius 3 is 1.84 bits per heavy atom. The predicted octanol–water partition coefficient (Wildman–Crippen LogP) is 11.9. The minimum Gasteiger partial charge on any atom is -0.456 e. The van der Waals surface area contributed by atoms with Gasteiger partial charge in [0, 0.05) is 44.7 Å². The number of fused-ring (bicyclic) bond motifs is 5. The number of rotatable bonds is 5. The number of furan rings is 1. The average Bonchev–Trinajstić information content (AvgIpc) is 3.79. The third-order valence-corrected chi connectivity index (χ3v) is 10.2. The van der Waals surface area contributed by atoms with Gasteiger partial charge in [-0.15, -0.1) is 11.3 Å². The van der Waals surface area contributed by atoms with Crippen molar-refractivity contribution in [3.05, 3.63) is 158 Å². The van der Waals surface area contributed by atoms with Gasteiger partial charge in [-0.25, -0.2) is 19.9 Å². The van der Waals surface area contributed by atoms with E-state index in [1.807, 2.05) is 48.5 Å². The Labute approximate surface area is 291 Å². The molecule has 0 N–H and O–H groups in total. The Balaban J connectivity index is 1.20. The fourth-order valence-corrected chi connectivity index (χ4v) is 7.76.